The second-order valence-electron chi connectivity index (χ2n) is 8.03. The Hall–Kier alpha value is -2.51. The van der Waals surface area contributed by atoms with E-state index in [-0.39, 0.29) is 12.6 Å². The summed E-state index contributed by atoms with van der Waals surface area (Å²) in [5.41, 5.74) is 4.45. The van der Waals surface area contributed by atoms with Crippen molar-refractivity contribution in [3.05, 3.63) is 76.9 Å². The second kappa shape index (κ2) is 7.96. The number of halogens is 1. The number of aromatic nitrogens is 2. The molecule has 2 aromatic carbocycles. The van der Waals surface area contributed by atoms with Crippen LogP contribution in [0.25, 0.3) is 11.1 Å². The fraction of sp³-hybridized carbons (Fsp3) is 0.348. The van der Waals surface area contributed by atoms with Crippen LogP contribution in [0.3, 0.4) is 0 Å². The molecule has 0 amide bonds. The summed E-state index contributed by atoms with van der Waals surface area (Å²) in [7, 11) is -3.60. The fourth-order valence-electron chi connectivity index (χ4n) is 4.33. The van der Waals surface area contributed by atoms with Gasteiger partial charge in [0.15, 0.2) is 0 Å². The van der Waals surface area contributed by atoms with Gasteiger partial charge in [0, 0.05) is 29.4 Å². The van der Waals surface area contributed by atoms with E-state index >= 15 is 4.39 Å². The molecule has 2 atom stereocenters. The first-order valence-electron chi connectivity index (χ1n) is 10.1. The topological polar surface area (TPSA) is 66.1 Å². The number of benzene rings is 2. The molecule has 7 heteroatoms. The molecule has 1 saturated heterocycles. The zero-order valence-electron chi connectivity index (χ0n) is 17.4. The standard InChI is InChI=1S/C23H26FN3O2S/c1-15-9-12-22(18-7-5-4-6-8-18)30(28,29)27(15)14-20-11-10-19(13-21(20)24)23-16(2)25-26-17(23)3/h4-8,10-11,13,15,22H,9,12,14H2,1-3H3,(H,25,26). The zero-order chi connectivity index (χ0) is 21.5. The van der Waals surface area contributed by atoms with Crippen molar-refractivity contribution >= 4 is 10.0 Å². The molecule has 30 heavy (non-hydrogen) atoms. The van der Waals surface area contributed by atoms with Gasteiger partial charge in [0.1, 0.15) is 11.1 Å². The Labute approximate surface area is 177 Å². The molecule has 1 aliphatic heterocycles. The predicted molar refractivity (Wildman–Crippen MR) is 116 cm³/mol. The molecule has 158 valence electrons. The summed E-state index contributed by atoms with van der Waals surface area (Å²) in [6, 6.07) is 14.1. The number of aromatic amines is 1. The molecule has 2 heterocycles. The third-order valence-corrected chi connectivity index (χ3v) is 8.36. The SMILES string of the molecule is Cc1n[nH]c(C)c1-c1ccc(CN2C(C)CCC(c3ccccc3)S2(=O)=O)c(F)c1. The van der Waals surface area contributed by atoms with Crippen LogP contribution in [0, 0.1) is 19.7 Å². The minimum Gasteiger partial charge on any atom is -0.282 e. The maximum absolute atomic E-state index is 15.0. The van der Waals surface area contributed by atoms with Crippen molar-refractivity contribution in [1.82, 2.24) is 14.5 Å². The lowest BCUT2D eigenvalue weighted by Gasteiger charge is -2.37. The Bertz CT molecular complexity index is 1140. The molecule has 2 unspecified atom stereocenters. The Balaban J connectivity index is 1.64. The molecule has 0 bridgehead atoms. The molecular weight excluding hydrogens is 401 g/mol. The van der Waals surface area contributed by atoms with E-state index in [1.807, 2.05) is 57.2 Å². The molecule has 3 aromatic rings. The average Bonchev–Trinajstić information content (AvgIpc) is 3.05. The van der Waals surface area contributed by atoms with Crippen molar-refractivity contribution in [3.63, 3.8) is 0 Å². The average molecular weight is 428 g/mol. The van der Waals surface area contributed by atoms with E-state index in [1.54, 1.807) is 6.07 Å². The van der Waals surface area contributed by atoms with E-state index in [9.17, 15) is 8.42 Å². The highest BCUT2D eigenvalue weighted by atomic mass is 32.2. The minimum absolute atomic E-state index is 0.0301. The third kappa shape index (κ3) is 3.68. The molecule has 0 aliphatic carbocycles. The van der Waals surface area contributed by atoms with Gasteiger partial charge in [-0.05, 0) is 50.8 Å². The summed E-state index contributed by atoms with van der Waals surface area (Å²) in [5.74, 6) is -0.406. The molecule has 0 radical (unpaired) electrons. The Morgan fingerprint density at radius 3 is 2.50 bits per heavy atom. The van der Waals surface area contributed by atoms with Gasteiger partial charge in [0.25, 0.3) is 0 Å². The lowest BCUT2D eigenvalue weighted by atomic mass is 10.0. The molecule has 1 aromatic heterocycles. The van der Waals surface area contributed by atoms with Crippen molar-refractivity contribution in [1.29, 1.82) is 0 Å². The van der Waals surface area contributed by atoms with Crippen LogP contribution in [0.2, 0.25) is 0 Å². The van der Waals surface area contributed by atoms with Crippen molar-refractivity contribution in [2.75, 3.05) is 0 Å². The van der Waals surface area contributed by atoms with Gasteiger partial charge >= 0.3 is 0 Å². The van der Waals surface area contributed by atoms with Gasteiger partial charge in [0.05, 0.1) is 5.69 Å². The highest BCUT2D eigenvalue weighted by molar-refractivity contribution is 7.89. The maximum Gasteiger partial charge on any atom is 0.221 e. The molecule has 0 saturated carbocycles. The molecule has 1 aliphatic rings. The highest BCUT2D eigenvalue weighted by Gasteiger charge is 2.40. The number of nitrogens with one attached hydrogen (secondary N) is 1. The lowest BCUT2D eigenvalue weighted by molar-refractivity contribution is 0.279. The predicted octanol–water partition coefficient (Wildman–Crippen LogP) is 4.89. The summed E-state index contributed by atoms with van der Waals surface area (Å²) in [5, 5.41) is 6.49. The largest absolute Gasteiger partial charge is 0.282 e. The second-order valence-corrected chi connectivity index (χ2v) is 10.1. The molecular formula is C23H26FN3O2S. The van der Waals surface area contributed by atoms with Crippen molar-refractivity contribution in [2.24, 2.45) is 0 Å². The van der Waals surface area contributed by atoms with Crippen LogP contribution in [0.5, 0.6) is 0 Å². The number of aryl methyl sites for hydroxylation is 2. The third-order valence-electron chi connectivity index (χ3n) is 5.99. The van der Waals surface area contributed by atoms with Gasteiger partial charge in [-0.3, -0.25) is 5.10 Å². The lowest BCUT2D eigenvalue weighted by Crippen LogP contribution is -2.44. The van der Waals surface area contributed by atoms with Gasteiger partial charge in [0.2, 0.25) is 10.0 Å². The molecule has 0 spiro atoms. The Kier molecular flexibility index (Phi) is 5.51. The first-order chi connectivity index (χ1) is 14.3. The molecule has 5 nitrogen and oxygen atoms in total. The van der Waals surface area contributed by atoms with Gasteiger partial charge in [-0.15, -0.1) is 0 Å². The van der Waals surface area contributed by atoms with E-state index in [0.29, 0.717) is 12.0 Å². The Morgan fingerprint density at radius 1 is 1.13 bits per heavy atom. The summed E-state index contributed by atoms with van der Waals surface area (Å²) < 4.78 is 43.2. The Morgan fingerprint density at radius 2 is 1.87 bits per heavy atom. The van der Waals surface area contributed by atoms with Gasteiger partial charge in [-0.25, -0.2) is 12.8 Å². The van der Waals surface area contributed by atoms with Crippen LogP contribution in [-0.2, 0) is 16.6 Å². The van der Waals surface area contributed by atoms with Crippen LogP contribution in [0.1, 0.15) is 47.5 Å². The number of sulfonamides is 1. The highest BCUT2D eigenvalue weighted by Crippen LogP contribution is 2.38. The van der Waals surface area contributed by atoms with Gasteiger partial charge < -0.3 is 0 Å². The van der Waals surface area contributed by atoms with Crippen LogP contribution in [0.15, 0.2) is 48.5 Å². The van der Waals surface area contributed by atoms with Crippen molar-refractivity contribution in [3.8, 4) is 11.1 Å². The normalized spacial score (nSPS) is 21.6. The number of nitrogens with zero attached hydrogens (tertiary/aromatic N) is 2. The van der Waals surface area contributed by atoms with E-state index in [0.717, 1.165) is 34.5 Å². The van der Waals surface area contributed by atoms with Crippen LogP contribution >= 0.6 is 0 Å². The molecule has 1 N–H and O–H groups in total. The van der Waals surface area contributed by atoms with Gasteiger partial charge in [-0.1, -0.05) is 42.5 Å². The van der Waals surface area contributed by atoms with Crippen LogP contribution < -0.4 is 0 Å². The fourth-order valence-corrected chi connectivity index (χ4v) is 6.52. The minimum atomic E-state index is -3.60. The van der Waals surface area contributed by atoms with E-state index < -0.39 is 21.1 Å². The summed E-state index contributed by atoms with van der Waals surface area (Å²) >= 11 is 0. The smallest absolute Gasteiger partial charge is 0.221 e. The number of hydrogen-bond acceptors (Lipinski definition) is 3. The maximum atomic E-state index is 15.0. The van der Waals surface area contributed by atoms with Crippen molar-refractivity contribution in [2.45, 2.75) is 51.4 Å². The summed E-state index contributed by atoms with van der Waals surface area (Å²) in [4.78, 5) is 0. The zero-order valence-corrected chi connectivity index (χ0v) is 18.2. The molecule has 1 fully saturated rings. The van der Waals surface area contributed by atoms with Crippen LogP contribution in [-0.4, -0.2) is 29.0 Å². The van der Waals surface area contributed by atoms with Gasteiger partial charge in [-0.2, -0.15) is 9.40 Å². The quantitative estimate of drug-likeness (QED) is 0.645. The van der Waals surface area contributed by atoms with E-state index in [1.165, 1.54) is 10.4 Å². The van der Waals surface area contributed by atoms with E-state index in [2.05, 4.69) is 10.2 Å². The monoisotopic (exact) mass is 427 g/mol. The number of H-pyrrole nitrogens is 1. The summed E-state index contributed by atoms with van der Waals surface area (Å²) in [6.45, 7) is 5.69. The summed E-state index contributed by atoms with van der Waals surface area (Å²) in [6.07, 6.45) is 1.32. The molecule has 4 rings (SSSR count). The number of hydrogen-bond donors (Lipinski definition) is 1. The van der Waals surface area contributed by atoms with Crippen LogP contribution in [0.4, 0.5) is 4.39 Å². The van der Waals surface area contributed by atoms with E-state index in [4.69, 9.17) is 0 Å². The number of rotatable bonds is 4. The first kappa shape index (κ1) is 20.8. The first-order valence-corrected chi connectivity index (χ1v) is 11.7. The van der Waals surface area contributed by atoms with Crippen molar-refractivity contribution < 1.29 is 12.8 Å².